The first-order valence-electron chi connectivity index (χ1n) is 22.4. The van der Waals surface area contributed by atoms with Gasteiger partial charge in [0.1, 0.15) is 0 Å². The fraction of sp³-hybridized carbons (Fsp3) is 0. The van der Waals surface area contributed by atoms with Gasteiger partial charge >= 0.3 is 0 Å². The third kappa shape index (κ3) is 5.90. The van der Waals surface area contributed by atoms with Gasteiger partial charge in [-0.15, -0.1) is 0 Å². The zero-order valence-electron chi connectivity index (χ0n) is 35.5. The van der Waals surface area contributed by atoms with Crippen LogP contribution in [0.3, 0.4) is 0 Å². The van der Waals surface area contributed by atoms with Crippen molar-refractivity contribution in [3.8, 4) is 61.7 Å². The maximum absolute atomic E-state index is 2.51. The Morgan fingerprint density at radius 1 is 0.215 bits per heavy atom. The van der Waals surface area contributed by atoms with Gasteiger partial charge in [-0.2, -0.15) is 0 Å². The molecular weight excluding hydrogens is 787 g/mol. The van der Waals surface area contributed by atoms with Crippen molar-refractivity contribution in [3.05, 3.63) is 249 Å². The monoisotopic (exact) mass is 827 g/mol. The molecule has 0 unspecified atom stereocenters. The highest BCUT2D eigenvalue weighted by atomic mass is 15.1. The second-order valence-corrected chi connectivity index (χ2v) is 16.9. The molecule has 3 heterocycles. The van der Waals surface area contributed by atoms with Crippen LogP contribution in [0.5, 0.6) is 0 Å². The Hall–Kier alpha value is -8.66. The molecule has 0 spiro atoms. The molecule has 10 aromatic carbocycles. The third-order valence-electron chi connectivity index (χ3n) is 13.2. The number of hydrogen-bond acceptors (Lipinski definition) is 0. The van der Waals surface area contributed by atoms with Crippen molar-refractivity contribution in [1.29, 1.82) is 0 Å². The molecular formula is C62H41N3. The number of hydrogen-bond donors (Lipinski definition) is 0. The third-order valence-corrected chi connectivity index (χ3v) is 13.2. The average molecular weight is 828 g/mol. The smallest absolute Gasteiger partial charge is 0.0789 e. The van der Waals surface area contributed by atoms with Crippen LogP contribution in [0, 0.1) is 0 Å². The number of para-hydroxylation sites is 2. The lowest BCUT2D eigenvalue weighted by Gasteiger charge is -2.16. The summed E-state index contributed by atoms with van der Waals surface area (Å²) in [7, 11) is 0. The molecule has 3 heteroatoms. The molecule has 0 atom stereocenters. The van der Waals surface area contributed by atoms with E-state index < -0.39 is 0 Å². The number of benzene rings is 10. The van der Waals surface area contributed by atoms with Crippen LogP contribution in [0.4, 0.5) is 0 Å². The quantitative estimate of drug-likeness (QED) is 0.152. The van der Waals surface area contributed by atoms with E-state index in [1.54, 1.807) is 0 Å². The van der Waals surface area contributed by atoms with Gasteiger partial charge in [0.15, 0.2) is 0 Å². The van der Waals surface area contributed by atoms with E-state index in [0.29, 0.717) is 0 Å². The summed E-state index contributed by atoms with van der Waals surface area (Å²) in [5.41, 5.74) is 18.7. The first kappa shape index (κ1) is 36.9. The molecule has 65 heavy (non-hydrogen) atoms. The predicted molar refractivity (Wildman–Crippen MR) is 274 cm³/mol. The zero-order chi connectivity index (χ0) is 42.8. The lowest BCUT2D eigenvalue weighted by molar-refractivity contribution is 1.11. The fourth-order valence-electron chi connectivity index (χ4n) is 10.4. The van der Waals surface area contributed by atoms with Crippen molar-refractivity contribution in [1.82, 2.24) is 13.7 Å². The second kappa shape index (κ2) is 15.0. The Kier molecular flexibility index (Phi) is 8.53. The van der Waals surface area contributed by atoms with Crippen molar-refractivity contribution in [3.63, 3.8) is 0 Å². The molecule has 0 fully saturated rings. The highest BCUT2D eigenvalue weighted by Gasteiger charge is 2.26. The molecule has 0 amide bonds. The van der Waals surface area contributed by atoms with Crippen LogP contribution in [-0.4, -0.2) is 13.7 Å². The van der Waals surface area contributed by atoms with E-state index in [9.17, 15) is 0 Å². The van der Waals surface area contributed by atoms with E-state index >= 15 is 0 Å². The van der Waals surface area contributed by atoms with E-state index in [1.807, 2.05) is 0 Å². The van der Waals surface area contributed by atoms with Crippen LogP contribution < -0.4 is 0 Å². The Bertz CT molecular complexity index is 3800. The second-order valence-electron chi connectivity index (χ2n) is 16.9. The summed E-state index contributed by atoms with van der Waals surface area (Å²) in [5, 5.41) is 6.09. The van der Waals surface area contributed by atoms with Crippen molar-refractivity contribution in [2.24, 2.45) is 0 Å². The van der Waals surface area contributed by atoms with E-state index in [2.05, 4.69) is 262 Å². The number of aromatic nitrogens is 3. The molecule has 0 saturated heterocycles. The van der Waals surface area contributed by atoms with Crippen LogP contribution in [0.2, 0.25) is 0 Å². The van der Waals surface area contributed by atoms with Gasteiger partial charge in [0, 0.05) is 49.6 Å². The van der Waals surface area contributed by atoms with E-state index in [4.69, 9.17) is 0 Å². The molecule has 0 radical (unpaired) electrons. The lowest BCUT2D eigenvalue weighted by Crippen LogP contribution is -2.01. The van der Waals surface area contributed by atoms with Crippen LogP contribution >= 0.6 is 0 Å². The Balaban J connectivity index is 1.12. The summed E-state index contributed by atoms with van der Waals surface area (Å²) in [6.07, 6.45) is 0. The van der Waals surface area contributed by atoms with Gasteiger partial charge < -0.3 is 13.7 Å². The van der Waals surface area contributed by atoms with E-state index in [-0.39, 0.29) is 0 Å². The Morgan fingerprint density at radius 3 is 1.26 bits per heavy atom. The van der Waals surface area contributed by atoms with Crippen molar-refractivity contribution >= 4 is 54.5 Å². The molecule has 3 aromatic heterocycles. The number of rotatable bonds is 7. The number of nitrogens with zero attached hydrogens (tertiary/aromatic N) is 3. The zero-order valence-corrected chi connectivity index (χ0v) is 35.5. The molecule has 0 aliphatic carbocycles. The van der Waals surface area contributed by atoms with Crippen molar-refractivity contribution in [2.45, 2.75) is 0 Å². The van der Waals surface area contributed by atoms with E-state index in [0.717, 1.165) is 22.6 Å². The summed E-state index contributed by atoms with van der Waals surface area (Å²) >= 11 is 0. The lowest BCUT2D eigenvalue weighted by atomic mass is 9.98. The normalized spacial score (nSPS) is 11.7. The summed E-state index contributed by atoms with van der Waals surface area (Å²) in [6, 6.07) is 90.7. The van der Waals surface area contributed by atoms with Gasteiger partial charge in [-0.25, -0.2) is 0 Å². The summed E-state index contributed by atoms with van der Waals surface area (Å²) in [6.45, 7) is 0. The van der Waals surface area contributed by atoms with Gasteiger partial charge in [0.05, 0.1) is 33.3 Å². The van der Waals surface area contributed by atoms with Gasteiger partial charge in [-0.3, -0.25) is 0 Å². The largest absolute Gasteiger partial charge is 0.309 e. The molecule has 304 valence electrons. The van der Waals surface area contributed by atoms with Crippen LogP contribution in [0.15, 0.2) is 249 Å². The molecule has 0 bridgehead atoms. The van der Waals surface area contributed by atoms with E-state index in [1.165, 1.54) is 93.6 Å². The number of fused-ring (bicyclic) bond motifs is 8. The van der Waals surface area contributed by atoms with Crippen LogP contribution in [0.25, 0.3) is 116 Å². The highest BCUT2D eigenvalue weighted by Crippen LogP contribution is 2.47. The maximum atomic E-state index is 2.51. The van der Waals surface area contributed by atoms with Gasteiger partial charge in [0.25, 0.3) is 0 Å². The minimum absolute atomic E-state index is 1.10. The molecule has 3 nitrogen and oxygen atoms in total. The summed E-state index contributed by atoms with van der Waals surface area (Å²) in [5.74, 6) is 0. The average Bonchev–Trinajstić information content (AvgIpc) is 4.03. The predicted octanol–water partition coefficient (Wildman–Crippen LogP) is 16.5. The first-order chi connectivity index (χ1) is 32.3. The van der Waals surface area contributed by atoms with Crippen molar-refractivity contribution < 1.29 is 0 Å². The van der Waals surface area contributed by atoms with Crippen molar-refractivity contribution in [2.75, 3.05) is 0 Å². The first-order valence-corrected chi connectivity index (χ1v) is 22.4. The molecule has 13 aromatic rings. The van der Waals surface area contributed by atoms with Crippen LogP contribution in [-0.2, 0) is 0 Å². The standard InChI is InChI=1S/C62H41N3/c1-6-19-42(20-7-1)46-33-37-57-54(39-46)55-40-47(43-21-8-2-9-22-43)34-38-58(55)63(57)49-29-18-30-50(41-49)64-56-32-17-16-31-51(56)52-35-36-53-59(44-23-10-3-11-24-44)60(45-25-12-4-13-26-45)65(62(53)61(52)64)48-27-14-5-15-28-48/h1-41H. The Morgan fingerprint density at radius 2 is 0.662 bits per heavy atom. The van der Waals surface area contributed by atoms with Gasteiger partial charge in [-0.05, 0) is 94.0 Å². The molecule has 0 N–H and O–H groups in total. The SMILES string of the molecule is c1ccc(-c2ccc3c(c2)c2cc(-c4ccccc4)ccc2n3-c2cccc(-n3c4ccccc4c4ccc5c(-c6ccccc6)c(-c6ccccc6)n(-c6ccccc6)c5c43)c2)cc1. The fourth-order valence-corrected chi connectivity index (χ4v) is 10.4. The molecule has 13 rings (SSSR count). The maximum Gasteiger partial charge on any atom is 0.0789 e. The molecule has 0 aliphatic heterocycles. The Labute approximate surface area is 376 Å². The molecule has 0 aliphatic rings. The summed E-state index contributed by atoms with van der Waals surface area (Å²) in [4.78, 5) is 0. The topological polar surface area (TPSA) is 14.8 Å². The minimum atomic E-state index is 1.10. The summed E-state index contributed by atoms with van der Waals surface area (Å²) < 4.78 is 7.47. The van der Waals surface area contributed by atoms with Gasteiger partial charge in [-0.1, -0.05) is 188 Å². The highest BCUT2D eigenvalue weighted by molar-refractivity contribution is 6.22. The minimum Gasteiger partial charge on any atom is -0.309 e. The van der Waals surface area contributed by atoms with Gasteiger partial charge in [0.2, 0.25) is 0 Å². The van der Waals surface area contributed by atoms with Crippen LogP contribution in [0.1, 0.15) is 0 Å². The molecule has 0 saturated carbocycles.